The number of rotatable bonds is 2. The molecule has 1 aromatic rings. The maximum Gasteiger partial charge on any atom is 0.232 e. The van der Waals surface area contributed by atoms with Crippen molar-refractivity contribution in [2.75, 3.05) is 18.8 Å². The summed E-state index contributed by atoms with van der Waals surface area (Å²) in [6.07, 6.45) is 1.08. The Morgan fingerprint density at radius 2 is 1.84 bits per heavy atom. The van der Waals surface area contributed by atoms with Crippen LogP contribution in [0.2, 0.25) is 0 Å². The first-order valence-corrected chi connectivity index (χ1v) is 6.88. The molecule has 1 amide bonds. The highest BCUT2D eigenvalue weighted by atomic mass is 16.2. The molecule has 1 heterocycles. The van der Waals surface area contributed by atoms with E-state index in [0.29, 0.717) is 0 Å². The Morgan fingerprint density at radius 3 is 2.32 bits per heavy atom. The maximum atomic E-state index is 12.7. The van der Waals surface area contributed by atoms with Crippen LogP contribution in [-0.4, -0.2) is 23.9 Å². The van der Waals surface area contributed by atoms with Crippen molar-refractivity contribution >= 4 is 11.6 Å². The SMILES string of the molecule is CC1(C)CCN(C(=O)C(C)(C)c2ccc(N)cc2)C1. The van der Waals surface area contributed by atoms with Gasteiger partial charge in [-0.15, -0.1) is 0 Å². The first-order valence-electron chi connectivity index (χ1n) is 6.88. The minimum absolute atomic E-state index is 0.211. The fourth-order valence-electron chi connectivity index (χ4n) is 2.70. The van der Waals surface area contributed by atoms with Gasteiger partial charge in [0.2, 0.25) is 5.91 Å². The van der Waals surface area contributed by atoms with E-state index >= 15 is 0 Å². The molecule has 104 valence electrons. The van der Waals surface area contributed by atoms with E-state index in [1.807, 2.05) is 43.0 Å². The molecule has 19 heavy (non-hydrogen) atoms. The Kier molecular flexibility index (Phi) is 3.33. The van der Waals surface area contributed by atoms with Gasteiger partial charge in [-0.2, -0.15) is 0 Å². The monoisotopic (exact) mass is 260 g/mol. The number of hydrogen-bond acceptors (Lipinski definition) is 2. The van der Waals surface area contributed by atoms with Gasteiger partial charge in [0.15, 0.2) is 0 Å². The topological polar surface area (TPSA) is 46.3 Å². The summed E-state index contributed by atoms with van der Waals surface area (Å²) in [4.78, 5) is 14.7. The van der Waals surface area contributed by atoms with E-state index in [-0.39, 0.29) is 11.3 Å². The third kappa shape index (κ3) is 2.75. The van der Waals surface area contributed by atoms with Gasteiger partial charge in [0.1, 0.15) is 0 Å². The molecule has 0 spiro atoms. The van der Waals surface area contributed by atoms with Crippen LogP contribution in [-0.2, 0) is 10.2 Å². The number of hydrogen-bond donors (Lipinski definition) is 1. The Labute approximate surface area is 115 Å². The van der Waals surface area contributed by atoms with Crippen LogP contribution in [0.5, 0.6) is 0 Å². The van der Waals surface area contributed by atoms with Crippen LogP contribution >= 0.6 is 0 Å². The summed E-state index contributed by atoms with van der Waals surface area (Å²) in [5.74, 6) is 0.211. The van der Waals surface area contributed by atoms with E-state index in [2.05, 4.69) is 13.8 Å². The van der Waals surface area contributed by atoms with Crippen molar-refractivity contribution in [1.29, 1.82) is 0 Å². The molecule has 1 saturated heterocycles. The third-order valence-corrected chi connectivity index (χ3v) is 4.13. The van der Waals surface area contributed by atoms with Gasteiger partial charge >= 0.3 is 0 Å². The van der Waals surface area contributed by atoms with E-state index in [0.717, 1.165) is 30.8 Å². The smallest absolute Gasteiger partial charge is 0.232 e. The zero-order chi connectivity index (χ0) is 14.3. The van der Waals surface area contributed by atoms with E-state index < -0.39 is 5.41 Å². The third-order valence-electron chi connectivity index (χ3n) is 4.13. The van der Waals surface area contributed by atoms with Gasteiger partial charge in [-0.25, -0.2) is 0 Å². The zero-order valence-electron chi connectivity index (χ0n) is 12.4. The molecule has 1 aliphatic heterocycles. The Morgan fingerprint density at radius 1 is 1.26 bits per heavy atom. The number of carbonyl (C=O) groups is 1. The van der Waals surface area contributed by atoms with Crippen LogP contribution < -0.4 is 5.73 Å². The quantitative estimate of drug-likeness (QED) is 0.831. The first-order chi connectivity index (χ1) is 8.72. The molecule has 3 nitrogen and oxygen atoms in total. The molecule has 0 saturated carbocycles. The molecule has 1 aromatic carbocycles. The van der Waals surface area contributed by atoms with Crippen molar-refractivity contribution < 1.29 is 4.79 Å². The second kappa shape index (κ2) is 4.55. The molecule has 0 unspecified atom stereocenters. The maximum absolute atomic E-state index is 12.7. The molecule has 3 heteroatoms. The van der Waals surface area contributed by atoms with Crippen molar-refractivity contribution in [2.45, 2.75) is 39.5 Å². The number of nitrogens with two attached hydrogens (primary N) is 1. The van der Waals surface area contributed by atoms with E-state index in [4.69, 9.17) is 5.73 Å². The minimum Gasteiger partial charge on any atom is -0.399 e. The summed E-state index contributed by atoms with van der Waals surface area (Å²) in [5, 5.41) is 0. The molecular weight excluding hydrogens is 236 g/mol. The Bertz CT molecular complexity index is 474. The predicted molar refractivity (Wildman–Crippen MR) is 78.9 cm³/mol. The highest BCUT2D eigenvalue weighted by Gasteiger charge is 2.39. The fourth-order valence-corrected chi connectivity index (χ4v) is 2.70. The van der Waals surface area contributed by atoms with Crippen molar-refractivity contribution in [3.8, 4) is 0 Å². The fraction of sp³-hybridized carbons (Fsp3) is 0.562. The van der Waals surface area contributed by atoms with Gasteiger partial charge in [-0.1, -0.05) is 26.0 Å². The highest BCUT2D eigenvalue weighted by molar-refractivity contribution is 5.87. The van der Waals surface area contributed by atoms with Gasteiger partial charge < -0.3 is 10.6 Å². The molecular formula is C16H24N2O. The largest absolute Gasteiger partial charge is 0.399 e. The van der Waals surface area contributed by atoms with Crippen LogP contribution in [0, 0.1) is 5.41 Å². The lowest BCUT2D eigenvalue weighted by Crippen LogP contribution is -2.42. The van der Waals surface area contributed by atoms with E-state index in [1.165, 1.54) is 0 Å². The second-order valence-electron chi connectivity index (χ2n) is 6.89. The van der Waals surface area contributed by atoms with Gasteiger partial charge in [0.25, 0.3) is 0 Å². The van der Waals surface area contributed by atoms with Crippen molar-refractivity contribution in [3.05, 3.63) is 29.8 Å². The molecule has 0 aromatic heterocycles. The Hall–Kier alpha value is -1.51. The molecule has 1 fully saturated rings. The van der Waals surface area contributed by atoms with E-state index in [1.54, 1.807) is 0 Å². The number of nitrogen functional groups attached to an aromatic ring is 1. The van der Waals surface area contributed by atoms with Gasteiger partial charge in [-0.3, -0.25) is 4.79 Å². The van der Waals surface area contributed by atoms with Gasteiger partial charge in [-0.05, 0) is 43.4 Å². The minimum atomic E-state index is -0.492. The molecule has 2 rings (SSSR count). The predicted octanol–water partition coefficient (Wildman–Crippen LogP) is 2.80. The zero-order valence-corrected chi connectivity index (χ0v) is 12.4. The summed E-state index contributed by atoms with van der Waals surface area (Å²) in [7, 11) is 0. The standard InChI is InChI=1S/C16H24N2O/c1-15(2)9-10-18(11-15)14(19)16(3,4)12-5-7-13(17)8-6-12/h5-8H,9-11,17H2,1-4H3. The van der Waals surface area contributed by atoms with Crippen LogP contribution in [0.4, 0.5) is 5.69 Å². The molecule has 0 bridgehead atoms. The van der Waals surface area contributed by atoms with Crippen LogP contribution in [0.1, 0.15) is 39.7 Å². The lowest BCUT2D eigenvalue weighted by atomic mass is 9.83. The van der Waals surface area contributed by atoms with Gasteiger partial charge in [0.05, 0.1) is 5.41 Å². The highest BCUT2D eigenvalue weighted by Crippen LogP contribution is 2.33. The first kappa shape index (κ1) is 13.9. The van der Waals surface area contributed by atoms with E-state index in [9.17, 15) is 4.79 Å². The normalized spacial score (nSPS) is 18.6. The number of benzene rings is 1. The second-order valence-corrected chi connectivity index (χ2v) is 6.89. The average Bonchev–Trinajstić information content (AvgIpc) is 2.69. The number of nitrogens with zero attached hydrogens (tertiary/aromatic N) is 1. The average molecular weight is 260 g/mol. The van der Waals surface area contributed by atoms with Crippen LogP contribution in [0.15, 0.2) is 24.3 Å². The summed E-state index contributed by atoms with van der Waals surface area (Å²) in [6.45, 7) is 10.1. The Balaban J connectivity index is 2.20. The molecule has 0 radical (unpaired) electrons. The number of likely N-dealkylation sites (tertiary alicyclic amines) is 1. The number of amides is 1. The number of carbonyl (C=O) groups excluding carboxylic acids is 1. The summed E-state index contributed by atoms with van der Waals surface area (Å²) >= 11 is 0. The van der Waals surface area contributed by atoms with Gasteiger partial charge in [0, 0.05) is 18.8 Å². The molecule has 0 aliphatic carbocycles. The summed E-state index contributed by atoms with van der Waals surface area (Å²) < 4.78 is 0. The lowest BCUT2D eigenvalue weighted by Gasteiger charge is -2.30. The van der Waals surface area contributed by atoms with Crippen LogP contribution in [0.25, 0.3) is 0 Å². The summed E-state index contributed by atoms with van der Waals surface area (Å²) in [6, 6.07) is 7.62. The lowest BCUT2D eigenvalue weighted by molar-refractivity contribution is -0.135. The van der Waals surface area contributed by atoms with Crippen LogP contribution in [0.3, 0.4) is 0 Å². The number of anilines is 1. The summed E-state index contributed by atoms with van der Waals surface area (Å²) in [5.41, 5.74) is 7.21. The van der Waals surface area contributed by atoms with Crippen molar-refractivity contribution in [1.82, 2.24) is 4.90 Å². The molecule has 1 aliphatic rings. The molecule has 0 atom stereocenters. The van der Waals surface area contributed by atoms with Crippen molar-refractivity contribution in [2.24, 2.45) is 5.41 Å². The van der Waals surface area contributed by atoms with Crippen molar-refractivity contribution in [3.63, 3.8) is 0 Å². The molecule has 2 N–H and O–H groups in total.